The molecule has 0 aliphatic carbocycles. The second kappa shape index (κ2) is 21.7. The Morgan fingerprint density at radius 2 is 0.730 bits per heavy atom. The topological polar surface area (TPSA) is 288 Å². The second-order valence-electron chi connectivity index (χ2n) is 17.8. The van der Waals surface area contributed by atoms with Crippen LogP contribution in [0, 0.1) is 0 Å². The number of carbonyl (C=O) groups excluding carboxylic acids is 6. The van der Waals surface area contributed by atoms with E-state index in [0.717, 1.165) is 0 Å². The van der Waals surface area contributed by atoms with Crippen molar-refractivity contribution in [2.24, 2.45) is 0 Å². The Hall–Kier alpha value is -6.93. The summed E-state index contributed by atoms with van der Waals surface area (Å²) in [5.74, 6) is -1.56. The van der Waals surface area contributed by atoms with E-state index in [0.29, 0.717) is 33.8 Å². The van der Waals surface area contributed by atoms with Gasteiger partial charge >= 0.3 is 18.3 Å². The quantitative estimate of drug-likeness (QED) is 0.0652. The highest BCUT2D eigenvalue weighted by Gasteiger charge is 2.28. The number of hydrogen-bond acceptors (Lipinski definition) is 12. The van der Waals surface area contributed by atoms with E-state index < -0.39 is 70.9 Å². The molecule has 0 spiro atoms. The van der Waals surface area contributed by atoms with E-state index >= 15 is 0 Å². The first-order valence-corrected chi connectivity index (χ1v) is 20.4. The molecule has 342 valence electrons. The number of amides is 6. The molecule has 21 heteroatoms. The number of aromatic nitrogens is 6. The summed E-state index contributed by atoms with van der Waals surface area (Å²) in [6, 6.07) is 2.13. The third-order valence-electron chi connectivity index (χ3n) is 8.47. The smallest absolute Gasteiger partial charge is 0.408 e. The lowest BCUT2D eigenvalue weighted by atomic mass is 10.0. The predicted molar refractivity (Wildman–Crippen MR) is 228 cm³/mol. The van der Waals surface area contributed by atoms with Gasteiger partial charge in [-0.05, 0) is 79.0 Å². The molecule has 0 aliphatic rings. The molecule has 6 amide bonds. The van der Waals surface area contributed by atoms with Gasteiger partial charge in [-0.15, -0.1) is 0 Å². The summed E-state index contributed by atoms with van der Waals surface area (Å²) in [6.45, 7) is 15.3. The molecule has 3 aromatic heterocycles. The molecule has 0 saturated heterocycles. The van der Waals surface area contributed by atoms with Gasteiger partial charge in [0.25, 0.3) is 0 Å². The van der Waals surface area contributed by atoms with Crippen LogP contribution >= 0.6 is 0 Å². The van der Waals surface area contributed by atoms with Crippen molar-refractivity contribution >= 4 is 36.0 Å². The number of rotatable bonds is 18. The van der Waals surface area contributed by atoms with E-state index in [1.807, 2.05) is 0 Å². The van der Waals surface area contributed by atoms with E-state index in [1.54, 1.807) is 99.1 Å². The zero-order valence-corrected chi connectivity index (χ0v) is 37.2. The predicted octanol–water partition coefficient (Wildman–Crippen LogP) is 3.11. The first-order valence-electron chi connectivity index (χ1n) is 20.4. The fourth-order valence-electron chi connectivity index (χ4n) is 5.91. The highest BCUT2D eigenvalue weighted by Crippen LogP contribution is 2.15. The molecule has 9 N–H and O–H groups in total. The Kier molecular flexibility index (Phi) is 16.8. The third kappa shape index (κ3) is 18.3. The lowest BCUT2D eigenvalue weighted by molar-refractivity contribution is -0.124. The molecule has 4 rings (SSSR count). The number of imidazole rings is 3. The molecule has 4 aromatic rings. The molecule has 0 saturated carbocycles. The number of nitrogens with one attached hydrogen (secondary N) is 9. The molecule has 0 bridgehead atoms. The zero-order chi connectivity index (χ0) is 46.4. The van der Waals surface area contributed by atoms with Crippen molar-refractivity contribution < 1.29 is 43.0 Å². The van der Waals surface area contributed by atoms with Crippen molar-refractivity contribution in [1.82, 2.24) is 61.8 Å². The maximum absolute atomic E-state index is 13.7. The van der Waals surface area contributed by atoms with Crippen molar-refractivity contribution in [3.05, 3.63) is 89.5 Å². The summed E-state index contributed by atoms with van der Waals surface area (Å²) in [5, 5.41) is 16.5. The van der Waals surface area contributed by atoms with Gasteiger partial charge in [0, 0.05) is 74.6 Å². The molecule has 0 radical (unpaired) electrons. The normalized spacial score (nSPS) is 13.1. The minimum Gasteiger partial charge on any atom is -0.444 e. The average molecular weight is 877 g/mol. The third-order valence-corrected chi connectivity index (χ3v) is 8.47. The average Bonchev–Trinajstić information content (AvgIpc) is 3.98. The molecule has 63 heavy (non-hydrogen) atoms. The number of carbonyl (C=O) groups is 6. The van der Waals surface area contributed by atoms with Gasteiger partial charge in [-0.3, -0.25) is 14.4 Å². The molecule has 1 aromatic carbocycles. The van der Waals surface area contributed by atoms with Gasteiger partial charge in [-0.2, -0.15) is 0 Å². The SMILES string of the molecule is CC(C)(C)OC(=O)N[C@@H](Cc1cnc[nH]1)C(=O)NCc1cc(CNC(=O)[C@H](Cc2cnc[nH]2)NC(=O)OC(C)(C)C)cc(CNC(=O)[C@H](Cc2cnc[nH]2)NC(=O)OC(C)(C)C)c1. The lowest BCUT2D eigenvalue weighted by Crippen LogP contribution is -2.49. The Morgan fingerprint density at radius 1 is 0.476 bits per heavy atom. The summed E-state index contributed by atoms with van der Waals surface area (Å²) in [6.07, 6.45) is 6.93. The Morgan fingerprint density at radius 3 is 0.937 bits per heavy atom. The van der Waals surface area contributed by atoms with E-state index in [2.05, 4.69) is 61.8 Å². The highest BCUT2D eigenvalue weighted by atomic mass is 16.6. The van der Waals surface area contributed by atoms with Gasteiger partial charge in [-0.25, -0.2) is 29.3 Å². The van der Waals surface area contributed by atoms with Crippen LogP contribution in [0.4, 0.5) is 14.4 Å². The van der Waals surface area contributed by atoms with Crippen LogP contribution in [-0.4, -0.2) is 101 Å². The Bertz CT molecular complexity index is 1870. The molecule has 0 fully saturated rings. The van der Waals surface area contributed by atoms with Crippen LogP contribution in [0.2, 0.25) is 0 Å². The number of nitrogens with zero attached hydrogens (tertiary/aromatic N) is 3. The monoisotopic (exact) mass is 876 g/mol. The van der Waals surface area contributed by atoms with Crippen LogP contribution in [0.3, 0.4) is 0 Å². The van der Waals surface area contributed by atoms with Gasteiger partial charge in [0.2, 0.25) is 17.7 Å². The van der Waals surface area contributed by atoms with Crippen LogP contribution in [0.5, 0.6) is 0 Å². The minimum atomic E-state index is -1.05. The van der Waals surface area contributed by atoms with Crippen LogP contribution in [-0.2, 0) is 67.5 Å². The lowest BCUT2D eigenvalue weighted by Gasteiger charge is -2.23. The minimum absolute atomic E-state index is 0.0255. The second-order valence-corrected chi connectivity index (χ2v) is 17.8. The van der Waals surface area contributed by atoms with E-state index in [-0.39, 0.29) is 38.9 Å². The van der Waals surface area contributed by atoms with Crippen LogP contribution in [0.1, 0.15) is 96.1 Å². The first kappa shape index (κ1) is 48.7. The molecule has 3 atom stereocenters. The van der Waals surface area contributed by atoms with E-state index in [4.69, 9.17) is 14.2 Å². The van der Waals surface area contributed by atoms with Gasteiger partial charge in [-0.1, -0.05) is 18.2 Å². The van der Waals surface area contributed by atoms with Gasteiger partial charge in [0.05, 0.1) is 19.0 Å². The van der Waals surface area contributed by atoms with Gasteiger partial charge in [0.1, 0.15) is 34.9 Å². The maximum Gasteiger partial charge on any atom is 0.408 e. The highest BCUT2D eigenvalue weighted by molar-refractivity contribution is 5.87. The zero-order valence-electron chi connectivity index (χ0n) is 37.2. The largest absolute Gasteiger partial charge is 0.444 e. The summed E-state index contributed by atoms with van der Waals surface area (Å²) >= 11 is 0. The Labute approximate surface area is 365 Å². The van der Waals surface area contributed by atoms with E-state index in [9.17, 15) is 28.8 Å². The summed E-state index contributed by atoms with van der Waals surface area (Å²) in [4.78, 5) is 100. The summed E-state index contributed by atoms with van der Waals surface area (Å²) < 4.78 is 16.2. The fourth-order valence-corrected chi connectivity index (χ4v) is 5.91. The molecule has 21 nitrogen and oxygen atoms in total. The van der Waals surface area contributed by atoms with Crippen molar-refractivity contribution in [3.63, 3.8) is 0 Å². The molecular weight excluding hydrogens is 817 g/mol. The van der Waals surface area contributed by atoms with Gasteiger partial charge < -0.3 is 61.1 Å². The summed E-state index contributed by atoms with van der Waals surface area (Å²) in [5.41, 5.74) is 1.11. The number of H-pyrrole nitrogens is 3. The number of benzene rings is 1. The maximum atomic E-state index is 13.7. The van der Waals surface area contributed by atoms with Gasteiger partial charge in [0.15, 0.2) is 0 Å². The molecular formula is C42H60N12O9. The molecule has 0 unspecified atom stereocenters. The number of aromatic amines is 3. The standard InChI is InChI=1S/C42H60N12O9/c1-40(2,3)61-37(58)52-31(13-28-19-43-22-49-28)34(55)46-16-25-10-26(17-47-35(56)32(14-29-20-44-23-50-29)53-38(59)62-41(4,5)6)12-27(11-25)18-48-36(57)33(15-30-21-45-24-51-30)54-39(60)63-42(7,8)9/h10-12,19-24,31-33H,13-18H2,1-9H3,(H,43,49)(H,44,50)(H,45,51)(H,46,55)(H,47,56)(H,48,57)(H,52,58)(H,53,59)(H,54,60)/t31-,32-,33-/m0/s1. The molecule has 0 aliphatic heterocycles. The van der Waals surface area contributed by atoms with Crippen LogP contribution < -0.4 is 31.9 Å². The van der Waals surface area contributed by atoms with Crippen molar-refractivity contribution in [2.45, 2.75) is 136 Å². The molecule has 3 heterocycles. The number of hydrogen-bond donors (Lipinski definition) is 9. The van der Waals surface area contributed by atoms with Crippen molar-refractivity contribution in [1.29, 1.82) is 0 Å². The summed E-state index contributed by atoms with van der Waals surface area (Å²) in [7, 11) is 0. The van der Waals surface area contributed by atoms with Crippen LogP contribution in [0.15, 0.2) is 55.8 Å². The van der Waals surface area contributed by atoms with Crippen molar-refractivity contribution in [2.75, 3.05) is 0 Å². The van der Waals surface area contributed by atoms with E-state index in [1.165, 1.54) is 19.0 Å². The Balaban J connectivity index is 1.57. The first-order chi connectivity index (χ1) is 29.5. The number of ether oxygens (including phenoxy) is 3. The fraction of sp³-hybridized carbons (Fsp3) is 0.500. The van der Waals surface area contributed by atoms with Crippen LogP contribution in [0.25, 0.3) is 0 Å². The van der Waals surface area contributed by atoms with Crippen molar-refractivity contribution in [3.8, 4) is 0 Å². The number of alkyl carbamates (subject to hydrolysis) is 3.